The summed E-state index contributed by atoms with van der Waals surface area (Å²) in [6.07, 6.45) is 0. The van der Waals surface area contributed by atoms with Gasteiger partial charge in [0.25, 0.3) is 0 Å². The normalized spacial score (nSPS) is 17.0. The molecular weight excluding hydrogens is 410 g/mol. The number of rotatable bonds is 10. The zero-order valence-electron chi connectivity index (χ0n) is 18.8. The molecule has 1 atom stereocenters. The molecule has 1 fully saturated rings. The average Bonchev–Trinajstić information content (AvgIpc) is 2.78. The Hall–Kier alpha value is -1.93. The lowest BCUT2D eigenvalue weighted by Gasteiger charge is -2.35. The predicted molar refractivity (Wildman–Crippen MR) is 125 cm³/mol. The fraction of sp³-hybridized carbons (Fsp3) is 0.500. The first-order valence-corrected chi connectivity index (χ1v) is 12.5. The molecule has 2 aromatic rings. The second kappa shape index (κ2) is 11.1. The fourth-order valence-electron chi connectivity index (χ4n) is 3.68. The Morgan fingerprint density at radius 1 is 0.935 bits per heavy atom. The standard InChI is InChI=1S/C24H35N3O3S/c1-20(2)19-30-24-12-8-7-9-22(24)17-25-21(3)18-26-13-15-27(16-14-26)31(28,29)23-10-5-4-6-11-23/h4-12,20-21,25H,13-19H2,1-3H3. The number of benzene rings is 2. The molecule has 31 heavy (non-hydrogen) atoms. The third-order valence-corrected chi connectivity index (χ3v) is 7.34. The van der Waals surface area contributed by atoms with Crippen molar-refractivity contribution in [3.63, 3.8) is 0 Å². The number of sulfonamides is 1. The number of hydrogen-bond donors (Lipinski definition) is 1. The van der Waals surface area contributed by atoms with Gasteiger partial charge >= 0.3 is 0 Å². The van der Waals surface area contributed by atoms with Crippen molar-refractivity contribution in [2.24, 2.45) is 5.92 Å². The summed E-state index contributed by atoms with van der Waals surface area (Å²) in [7, 11) is -3.40. The third-order valence-electron chi connectivity index (χ3n) is 5.43. The Morgan fingerprint density at radius 2 is 1.58 bits per heavy atom. The maximum absolute atomic E-state index is 12.8. The van der Waals surface area contributed by atoms with E-state index in [2.05, 4.69) is 37.1 Å². The molecule has 0 aromatic heterocycles. The summed E-state index contributed by atoms with van der Waals surface area (Å²) in [4.78, 5) is 2.70. The number of nitrogens with zero attached hydrogens (tertiary/aromatic N) is 2. The number of ether oxygens (including phenoxy) is 1. The summed E-state index contributed by atoms with van der Waals surface area (Å²) in [5.41, 5.74) is 1.16. The lowest BCUT2D eigenvalue weighted by atomic mass is 10.1. The van der Waals surface area contributed by atoms with Gasteiger partial charge < -0.3 is 10.1 Å². The van der Waals surface area contributed by atoms with Gasteiger partial charge in [-0.25, -0.2) is 8.42 Å². The van der Waals surface area contributed by atoms with Crippen LogP contribution in [0.1, 0.15) is 26.3 Å². The summed E-state index contributed by atoms with van der Waals surface area (Å²) in [5.74, 6) is 1.43. The first-order chi connectivity index (χ1) is 14.9. The Balaban J connectivity index is 1.46. The molecule has 0 aliphatic carbocycles. The minimum atomic E-state index is -3.40. The lowest BCUT2D eigenvalue weighted by Crippen LogP contribution is -2.51. The smallest absolute Gasteiger partial charge is 0.243 e. The Kier molecular flexibility index (Phi) is 8.49. The zero-order valence-corrected chi connectivity index (χ0v) is 19.6. The van der Waals surface area contributed by atoms with Crippen molar-refractivity contribution in [3.05, 3.63) is 60.2 Å². The first-order valence-electron chi connectivity index (χ1n) is 11.1. The highest BCUT2D eigenvalue weighted by atomic mass is 32.2. The van der Waals surface area contributed by atoms with Crippen LogP contribution in [-0.2, 0) is 16.6 Å². The maximum atomic E-state index is 12.8. The van der Waals surface area contributed by atoms with Gasteiger partial charge in [-0.15, -0.1) is 0 Å². The molecule has 1 unspecified atom stereocenters. The highest BCUT2D eigenvalue weighted by Crippen LogP contribution is 2.19. The monoisotopic (exact) mass is 445 g/mol. The molecular formula is C24H35N3O3S. The quantitative estimate of drug-likeness (QED) is 0.609. The molecule has 3 rings (SSSR count). The van der Waals surface area contributed by atoms with Crippen LogP contribution in [0.4, 0.5) is 0 Å². The van der Waals surface area contributed by atoms with Crippen molar-refractivity contribution in [1.29, 1.82) is 0 Å². The molecule has 6 nitrogen and oxygen atoms in total. The minimum Gasteiger partial charge on any atom is -0.493 e. The van der Waals surface area contributed by atoms with Crippen molar-refractivity contribution >= 4 is 10.0 Å². The van der Waals surface area contributed by atoms with E-state index in [1.807, 2.05) is 24.3 Å². The van der Waals surface area contributed by atoms with Crippen molar-refractivity contribution in [2.75, 3.05) is 39.3 Å². The van der Waals surface area contributed by atoms with E-state index in [1.165, 1.54) is 0 Å². The number of hydrogen-bond acceptors (Lipinski definition) is 5. The molecule has 0 bridgehead atoms. The van der Waals surface area contributed by atoms with Crippen LogP contribution >= 0.6 is 0 Å². The van der Waals surface area contributed by atoms with Crippen molar-refractivity contribution in [3.8, 4) is 5.75 Å². The van der Waals surface area contributed by atoms with Crippen LogP contribution in [0.5, 0.6) is 5.75 Å². The van der Waals surface area contributed by atoms with Crippen LogP contribution in [0.25, 0.3) is 0 Å². The SMILES string of the molecule is CC(C)COc1ccccc1CNC(C)CN1CCN(S(=O)(=O)c2ccccc2)CC1. The van der Waals surface area contributed by atoms with Gasteiger partial charge in [0.2, 0.25) is 10.0 Å². The van der Waals surface area contributed by atoms with Crippen molar-refractivity contribution in [2.45, 2.75) is 38.3 Å². The third kappa shape index (κ3) is 6.77. The van der Waals surface area contributed by atoms with E-state index in [9.17, 15) is 8.42 Å². The molecule has 1 N–H and O–H groups in total. The van der Waals surface area contributed by atoms with Gasteiger partial charge in [0.1, 0.15) is 5.75 Å². The van der Waals surface area contributed by atoms with Crippen LogP contribution in [0.3, 0.4) is 0 Å². The van der Waals surface area contributed by atoms with Crippen molar-refractivity contribution < 1.29 is 13.2 Å². The molecule has 2 aromatic carbocycles. The molecule has 7 heteroatoms. The Morgan fingerprint density at radius 3 is 2.26 bits per heavy atom. The van der Waals surface area contributed by atoms with Crippen LogP contribution in [0.15, 0.2) is 59.5 Å². The van der Waals surface area contributed by atoms with Crippen LogP contribution < -0.4 is 10.1 Å². The molecule has 1 saturated heterocycles. The van der Waals surface area contributed by atoms with Crippen LogP contribution in [0.2, 0.25) is 0 Å². The zero-order chi connectivity index (χ0) is 22.3. The summed E-state index contributed by atoms with van der Waals surface area (Å²) >= 11 is 0. The largest absolute Gasteiger partial charge is 0.493 e. The molecule has 170 valence electrons. The Labute approximate surface area is 187 Å². The summed E-state index contributed by atoms with van der Waals surface area (Å²) in [6, 6.07) is 17.1. The van der Waals surface area contributed by atoms with Crippen LogP contribution in [-0.4, -0.2) is 63.0 Å². The highest BCUT2D eigenvalue weighted by molar-refractivity contribution is 7.89. The van der Waals surface area contributed by atoms with Crippen LogP contribution in [0, 0.1) is 5.92 Å². The number of para-hydroxylation sites is 1. The molecule has 1 aliphatic rings. The van der Waals surface area contributed by atoms with E-state index in [1.54, 1.807) is 28.6 Å². The average molecular weight is 446 g/mol. The van der Waals surface area contributed by atoms with Gasteiger partial charge in [-0.3, -0.25) is 4.90 Å². The first kappa shape index (κ1) is 23.7. The van der Waals surface area contributed by atoms with Gasteiger partial charge in [-0.1, -0.05) is 50.2 Å². The predicted octanol–water partition coefficient (Wildman–Crippen LogP) is 3.21. The van der Waals surface area contributed by atoms with Crippen molar-refractivity contribution in [1.82, 2.24) is 14.5 Å². The van der Waals surface area contributed by atoms with E-state index in [0.29, 0.717) is 30.5 Å². The van der Waals surface area contributed by atoms with E-state index in [-0.39, 0.29) is 6.04 Å². The van der Waals surface area contributed by atoms with E-state index < -0.39 is 10.0 Å². The minimum absolute atomic E-state index is 0.287. The molecule has 1 heterocycles. The molecule has 0 amide bonds. The van der Waals surface area contributed by atoms with Gasteiger partial charge in [-0.05, 0) is 31.0 Å². The number of nitrogens with one attached hydrogen (secondary N) is 1. The van der Waals surface area contributed by atoms with E-state index >= 15 is 0 Å². The second-order valence-corrected chi connectivity index (χ2v) is 10.6. The van der Waals surface area contributed by atoms with E-state index in [0.717, 1.165) is 37.5 Å². The lowest BCUT2D eigenvalue weighted by molar-refractivity contribution is 0.174. The van der Waals surface area contributed by atoms with Gasteiger partial charge in [0.05, 0.1) is 11.5 Å². The maximum Gasteiger partial charge on any atom is 0.243 e. The highest BCUT2D eigenvalue weighted by Gasteiger charge is 2.28. The van der Waals surface area contributed by atoms with Gasteiger partial charge in [-0.2, -0.15) is 4.31 Å². The summed E-state index contributed by atoms with van der Waals surface area (Å²) < 4.78 is 33.1. The Bertz CT molecular complexity index is 911. The molecule has 0 radical (unpaired) electrons. The fourth-order valence-corrected chi connectivity index (χ4v) is 5.12. The summed E-state index contributed by atoms with van der Waals surface area (Å²) in [5, 5.41) is 3.59. The van der Waals surface area contributed by atoms with Gasteiger partial charge in [0.15, 0.2) is 0 Å². The van der Waals surface area contributed by atoms with E-state index in [4.69, 9.17) is 4.74 Å². The molecule has 0 saturated carbocycles. The molecule has 1 aliphatic heterocycles. The summed E-state index contributed by atoms with van der Waals surface area (Å²) in [6.45, 7) is 11.3. The molecule has 0 spiro atoms. The number of piperazine rings is 1. The topological polar surface area (TPSA) is 61.9 Å². The van der Waals surface area contributed by atoms with Gasteiger partial charge in [0, 0.05) is 50.9 Å². The second-order valence-electron chi connectivity index (χ2n) is 8.61.